The van der Waals surface area contributed by atoms with Crippen LogP contribution in [0.3, 0.4) is 0 Å². The van der Waals surface area contributed by atoms with Crippen molar-refractivity contribution in [1.29, 1.82) is 0 Å². The fourth-order valence-electron chi connectivity index (χ4n) is 6.92. The highest BCUT2D eigenvalue weighted by Crippen LogP contribution is 2.41. The maximum Gasteiger partial charge on any atom is 0.0978 e. The second kappa shape index (κ2) is 39.3. The van der Waals surface area contributed by atoms with E-state index in [4.69, 9.17) is 34.8 Å². The fraction of sp³-hybridized carbons (Fsp3) is 0.419. The van der Waals surface area contributed by atoms with Gasteiger partial charge < -0.3 is 0 Å². The molecule has 15 heteroatoms. The van der Waals surface area contributed by atoms with Crippen LogP contribution in [0.5, 0.6) is 0 Å². The molecule has 0 unspecified atom stereocenters. The van der Waals surface area contributed by atoms with Gasteiger partial charge in [-0.2, -0.15) is 0 Å². The molecule has 0 aliphatic rings. The molecule has 426 valence electrons. The minimum absolute atomic E-state index is 0.890. The van der Waals surface area contributed by atoms with Gasteiger partial charge in [0.15, 0.2) is 0 Å². The van der Waals surface area contributed by atoms with E-state index < -0.39 is 0 Å². The molecule has 0 fully saturated rings. The van der Waals surface area contributed by atoms with Gasteiger partial charge in [0.1, 0.15) is 0 Å². The summed E-state index contributed by atoms with van der Waals surface area (Å²) in [5, 5.41) is 6.44. The molecule has 12 heterocycles. The quantitative estimate of drug-likeness (QED) is 0.165. The summed E-state index contributed by atoms with van der Waals surface area (Å²) >= 11 is 39.4. The first-order chi connectivity index (χ1) is 37.1. The number of halogens is 3. The lowest BCUT2D eigenvalue weighted by molar-refractivity contribution is 1.16. The normalized spacial score (nSPS) is 9.84. The van der Waals surface area contributed by atoms with Crippen molar-refractivity contribution in [2.75, 3.05) is 0 Å². The summed E-state index contributed by atoms with van der Waals surface area (Å²) in [6.07, 6.45) is 3.53. The highest BCUT2D eigenvalue weighted by Gasteiger charge is 2.11. The Morgan fingerprint density at radius 3 is 1.30 bits per heavy atom. The van der Waals surface area contributed by atoms with Crippen LogP contribution >= 0.6 is 171 Å². The largest absolute Gasteiger partial charge is 0.143 e. The minimum Gasteiger partial charge on any atom is -0.143 e. The average Bonchev–Trinajstić information content (AvgIpc) is 4.31. The highest BCUT2D eigenvalue weighted by molar-refractivity contribution is 7.31. The fourth-order valence-corrected chi connectivity index (χ4v) is 21.5. The van der Waals surface area contributed by atoms with E-state index >= 15 is 0 Å². The van der Waals surface area contributed by atoms with E-state index in [2.05, 4.69) is 123 Å². The van der Waals surface area contributed by atoms with Gasteiger partial charge in [-0.25, -0.2) is 0 Å². The summed E-state index contributed by atoms with van der Waals surface area (Å²) in [5.74, 6) is 0. The molecule has 0 saturated heterocycles. The molecule has 0 aromatic carbocycles. The van der Waals surface area contributed by atoms with Crippen LogP contribution in [-0.4, -0.2) is 0 Å². The molecular formula is C62H85Cl3S12. The summed E-state index contributed by atoms with van der Waals surface area (Å²) in [4.78, 5) is 8.88. The van der Waals surface area contributed by atoms with E-state index in [0.29, 0.717) is 0 Å². The molecule has 0 aliphatic heterocycles. The number of rotatable bonds is 3. The summed E-state index contributed by atoms with van der Waals surface area (Å²) in [6.45, 7) is 48.1. The summed E-state index contributed by atoms with van der Waals surface area (Å²) in [5.41, 5.74) is 7.08. The number of fused-ring (bicyclic) bond motifs is 6. The molecule has 12 aromatic rings. The van der Waals surface area contributed by atoms with Crippen molar-refractivity contribution in [3.05, 3.63) is 129 Å². The highest BCUT2D eigenvalue weighted by atomic mass is 35.5. The third-order valence-corrected chi connectivity index (χ3v) is 26.0. The third kappa shape index (κ3) is 20.9. The Hall–Kier alpha value is -1.17. The van der Waals surface area contributed by atoms with Crippen molar-refractivity contribution in [2.45, 2.75) is 179 Å². The van der Waals surface area contributed by atoms with Gasteiger partial charge in [-0.05, 0) is 161 Å². The Labute approximate surface area is 528 Å². The van der Waals surface area contributed by atoms with Crippen LogP contribution in [0.15, 0.2) is 58.6 Å². The zero-order valence-electron chi connectivity index (χ0n) is 49.9. The van der Waals surface area contributed by atoms with Crippen molar-refractivity contribution in [2.24, 2.45) is 0 Å². The van der Waals surface area contributed by atoms with E-state index in [1.54, 1.807) is 77.8 Å². The minimum atomic E-state index is 0.890. The van der Waals surface area contributed by atoms with E-state index in [-0.39, 0.29) is 0 Å². The monoisotopic (exact) mass is 1320 g/mol. The standard InChI is InChI=1S/2C10H12S2.C9H10S2.3C7H5ClS2.6C2H6/c1-4-8-5-9-10(12-8)6(2)7(3)11-9;1-4-8-7(3)10-9(12-8)5-6(2)11-10;1-3-7-6(2)9-8(11-7)4-5-10-9;1-4-3-9-5-2-6(8)10-7(4)5;1-4-2-5-6(9-4)3-7(8)10-5;1-4-6-5(2-3-9-6)10-7(4)8;6*1-2/h2*5H,4H2,1-3H3;4-5H,3H2,1-2H3;3*2-3H,1H3;6*1-2H3. The molecule has 0 aliphatic carbocycles. The maximum absolute atomic E-state index is 5.92. The van der Waals surface area contributed by atoms with Crippen LogP contribution in [0.4, 0.5) is 0 Å². The number of hydrogen-bond acceptors (Lipinski definition) is 12. The third-order valence-electron chi connectivity index (χ3n) is 10.5. The van der Waals surface area contributed by atoms with E-state index in [1.165, 1.54) is 123 Å². The van der Waals surface area contributed by atoms with Crippen LogP contribution < -0.4 is 0 Å². The Morgan fingerprint density at radius 1 is 0.351 bits per heavy atom. The van der Waals surface area contributed by atoms with Crippen molar-refractivity contribution >= 4 is 227 Å². The van der Waals surface area contributed by atoms with Gasteiger partial charge in [0.2, 0.25) is 0 Å². The zero-order valence-corrected chi connectivity index (χ0v) is 62.0. The first kappa shape index (κ1) is 73.8. The summed E-state index contributed by atoms with van der Waals surface area (Å²) in [6, 6.07) is 15.2. The van der Waals surface area contributed by atoms with Gasteiger partial charge in [-0.15, -0.1) is 136 Å². The van der Waals surface area contributed by atoms with Crippen molar-refractivity contribution in [3.63, 3.8) is 0 Å². The van der Waals surface area contributed by atoms with Crippen molar-refractivity contribution in [3.8, 4) is 0 Å². The number of thiophene rings is 12. The molecule has 12 rings (SSSR count). The van der Waals surface area contributed by atoms with Gasteiger partial charge in [0.05, 0.1) is 13.0 Å². The molecule has 0 N–H and O–H groups in total. The number of hydrogen-bond donors (Lipinski definition) is 0. The van der Waals surface area contributed by atoms with Crippen LogP contribution in [0.1, 0.15) is 161 Å². The predicted octanol–water partition coefficient (Wildman–Crippen LogP) is 30.0. The Morgan fingerprint density at radius 2 is 0.805 bits per heavy atom. The molecule has 0 atom stereocenters. The van der Waals surface area contributed by atoms with E-state index in [9.17, 15) is 0 Å². The molecule has 0 amide bonds. The molecule has 0 nitrogen and oxygen atoms in total. The maximum atomic E-state index is 5.92. The van der Waals surface area contributed by atoms with Crippen LogP contribution in [0.2, 0.25) is 13.0 Å². The smallest absolute Gasteiger partial charge is 0.0978 e. The second-order valence-electron chi connectivity index (χ2n) is 15.1. The lowest BCUT2D eigenvalue weighted by Crippen LogP contribution is -1.74. The average molecular weight is 1320 g/mol. The SMILES string of the molecule is CC.CC.CC.CC.CC.CC.CCc1cc2sc(C)c(C)c2s1.CCc1sc2cc(C)sc2c1C.CCc1sc2ccsc2c1C.Cc1c(Cl)sc2ccsc12.Cc1cc2sc(Cl)cc2s1.Cc1csc2cc(Cl)sc12. The Balaban J connectivity index is 0.000000444. The lowest BCUT2D eigenvalue weighted by atomic mass is 10.2. The molecule has 0 spiro atoms. The molecular weight excluding hydrogens is 1240 g/mol. The second-order valence-corrected chi connectivity index (χ2v) is 30.1. The van der Waals surface area contributed by atoms with E-state index in [0.717, 1.165) is 13.0 Å². The van der Waals surface area contributed by atoms with Crippen molar-refractivity contribution < 1.29 is 0 Å². The van der Waals surface area contributed by atoms with Gasteiger partial charge in [0.25, 0.3) is 0 Å². The topological polar surface area (TPSA) is 0 Å². The summed E-state index contributed by atoms with van der Waals surface area (Å²) in [7, 11) is 0. The van der Waals surface area contributed by atoms with Gasteiger partial charge in [0, 0.05) is 85.7 Å². The predicted molar refractivity (Wildman–Crippen MR) is 387 cm³/mol. The van der Waals surface area contributed by atoms with Crippen LogP contribution in [0.25, 0.3) is 56.4 Å². The first-order valence-electron chi connectivity index (χ1n) is 26.9. The van der Waals surface area contributed by atoms with Crippen molar-refractivity contribution in [1.82, 2.24) is 0 Å². The first-order valence-corrected chi connectivity index (χ1v) is 38.0. The van der Waals surface area contributed by atoms with Gasteiger partial charge in [-0.3, -0.25) is 0 Å². The molecule has 0 radical (unpaired) electrons. The Kier molecular flexibility index (Phi) is 37.7. The van der Waals surface area contributed by atoms with Gasteiger partial charge in [-0.1, -0.05) is 139 Å². The Bertz CT molecular complexity index is 3370. The molecule has 77 heavy (non-hydrogen) atoms. The van der Waals surface area contributed by atoms with Crippen LogP contribution in [-0.2, 0) is 19.3 Å². The molecule has 0 saturated carbocycles. The molecule has 0 bridgehead atoms. The summed E-state index contributed by atoms with van der Waals surface area (Å²) < 4.78 is 19.6. The van der Waals surface area contributed by atoms with E-state index in [1.807, 2.05) is 163 Å². The molecule has 12 aromatic heterocycles. The zero-order chi connectivity index (χ0) is 58.7. The number of aryl methyl sites for hydroxylation is 11. The van der Waals surface area contributed by atoms with Gasteiger partial charge >= 0.3 is 0 Å². The van der Waals surface area contributed by atoms with Crippen LogP contribution in [0, 0.1) is 55.4 Å². The lowest BCUT2D eigenvalue weighted by Gasteiger charge is -1.90.